The van der Waals surface area contributed by atoms with Gasteiger partial charge in [-0.05, 0) is 35.4 Å². The van der Waals surface area contributed by atoms with E-state index < -0.39 is 5.24 Å². The van der Waals surface area contributed by atoms with Crippen molar-refractivity contribution in [2.24, 2.45) is 0 Å². The summed E-state index contributed by atoms with van der Waals surface area (Å²) in [6.45, 7) is 0.482. The van der Waals surface area contributed by atoms with Crippen molar-refractivity contribution in [3.63, 3.8) is 0 Å². The average Bonchev–Trinajstić information content (AvgIpc) is 2.83. The fraction of sp³-hybridized carbons (Fsp3) is 0.0625. The summed E-state index contributed by atoms with van der Waals surface area (Å²) in [6.07, 6.45) is 0. The van der Waals surface area contributed by atoms with Crippen LogP contribution < -0.4 is 4.74 Å². The lowest BCUT2D eigenvalue weighted by molar-refractivity contribution is 0.108. The second kappa shape index (κ2) is 6.06. The Morgan fingerprint density at radius 2 is 1.90 bits per heavy atom. The van der Waals surface area contributed by atoms with Gasteiger partial charge in [-0.15, -0.1) is 11.3 Å². The Bertz CT molecular complexity index is 797. The Labute approximate surface area is 135 Å². The Morgan fingerprint density at radius 1 is 1.14 bits per heavy atom. The first-order chi connectivity index (χ1) is 10.1. The minimum atomic E-state index is -0.534. The van der Waals surface area contributed by atoms with Crippen molar-refractivity contribution in [3.8, 4) is 5.75 Å². The molecule has 0 amide bonds. The van der Waals surface area contributed by atoms with Crippen LogP contribution in [0.4, 0.5) is 0 Å². The molecule has 0 spiro atoms. The van der Waals surface area contributed by atoms with E-state index in [9.17, 15) is 4.79 Å². The number of carbonyl (C=O) groups excluding carboxylic acids is 1. The van der Waals surface area contributed by atoms with Crippen LogP contribution in [0.25, 0.3) is 10.1 Å². The molecule has 0 radical (unpaired) electrons. The zero-order valence-electron chi connectivity index (χ0n) is 10.8. The summed E-state index contributed by atoms with van der Waals surface area (Å²) in [5, 5.41) is 0.643. The van der Waals surface area contributed by atoms with E-state index in [0.717, 1.165) is 15.6 Å². The van der Waals surface area contributed by atoms with E-state index in [0.29, 0.717) is 22.3 Å². The maximum atomic E-state index is 11.3. The fourth-order valence-electron chi connectivity index (χ4n) is 2.00. The van der Waals surface area contributed by atoms with Gasteiger partial charge in [0.1, 0.15) is 17.2 Å². The van der Waals surface area contributed by atoms with Gasteiger partial charge in [-0.1, -0.05) is 41.9 Å². The molecule has 0 bridgehead atoms. The van der Waals surface area contributed by atoms with Crippen molar-refractivity contribution in [2.45, 2.75) is 6.61 Å². The van der Waals surface area contributed by atoms with E-state index in [2.05, 4.69) is 0 Å². The first kappa shape index (κ1) is 14.4. The maximum Gasteiger partial charge on any atom is 0.263 e. The highest BCUT2D eigenvalue weighted by atomic mass is 35.5. The topological polar surface area (TPSA) is 26.3 Å². The van der Waals surface area contributed by atoms with Crippen molar-refractivity contribution >= 4 is 49.9 Å². The second-order valence-electron chi connectivity index (χ2n) is 4.45. The van der Waals surface area contributed by atoms with Crippen molar-refractivity contribution in [1.29, 1.82) is 0 Å². The minimum absolute atomic E-state index is 0.369. The zero-order chi connectivity index (χ0) is 14.8. The lowest BCUT2D eigenvalue weighted by Crippen LogP contribution is -1.94. The second-order valence-corrected chi connectivity index (χ2v) is 6.22. The zero-order valence-corrected chi connectivity index (χ0v) is 13.1. The van der Waals surface area contributed by atoms with Crippen LogP contribution in [0, 0.1) is 0 Å². The molecule has 0 N–H and O–H groups in total. The molecule has 0 unspecified atom stereocenters. The predicted octanol–water partition coefficient (Wildman–Crippen LogP) is 5.51. The van der Waals surface area contributed by atoms with Crippen molar-refractivity contribution in [1.82, 2.24) is 0 Å². The van der Waals surface area contributed by atoms with Crippen LogP contribution in [0.2, 0.25) is 5.02 Å². The summed E-state index contributed by atoms with van der Waals surface area (Å²) in [5.74, 6) is 0.708. The van der Waals surface area contributed by atoms with Crippen molar-refractivity contribution in [3.05, 3.63) is 64.0 Å². The van der Waals surface area contributed by atoms with Gasteiger partial charge in [0.15, 0.2) is 0 Å². The van der Waals surface area contributed by atoms with Crippen LogP contribution in [-0.2, 0) is 6.61 Å². The van der Waals surface area contributed by atoms with E-state index in [1.807, 2.05) is 48.5 Å². The number of thiophene rings is 1. The molecule has 0 aliphatic rings. The number of halogens is 2. The van der Waals surface area contributed by atoms with Crippen LogP contribution in [-0.4, -0.2) is 5.24 Å². The Kier molecular flexibility index (Phi) is 4.15. The lowest BCUT2D eigenvalue weighted by atomic mass is 10.2. The predicted molar refractivity (Wildman–Crippen MR) is 87.8 cm³/mol. The first-order valence-electron chi connectivity index (χ1n) is 6.24. The molecule has 0 aliphatic carbocycles. The number of hydrogen-bond acceptors (Lipinski definition) is 3. The third-order valence-electron chi connectivity index (χ3n) is 3.03. The quantitative estimate of drug-likeness (QED) is 0.587. The monoisotopic (exact) mass is 336 g/mol. The maximum absolute atomic E-state index is 11.3. The smallest absolute Gasteiger partial charge is 0.263 e. The van der Waals surface area contributed by atoms with Gasteiger partial charge >= 0.3 is 0 Å². The number of rotatable bonds is 4. The molecule has 5 heteroatoms. The van der Waals surface area contributed by atoms with Crippen LogP contribution in [0.3, 0.4) is 0 Å². The van der Waals surface area contributed by atoms with Gasteiger partial charge in [0.05, 0.1) is 5.02 Å². The lowest BCUT2D eigenvalue weighted by Gasteiger charge is -2.06. The number of fused-ring (bicyclic) bond motifs is 1. The van der Waals surface area contributed by atoms with Gasteiger partial charge < -0.3 is 4.74 Å². The molecule has 0 saturated heterocycles. The average molecular weight is 337 g/mol. The standard InChI is InChI=1S/C16H10Cl2O2S/c17-14-12-8-11(20-9-10-4-2-1-3-5-10)6-7-13(12)21-15(14)16(18)19/h1-8H,9H2. The van der Waals surface area contributed by atoms with Crippen LogP contribution in [0.5, 0.6) is 5.75 Å². The molecule has 3 rings (SSSR count). The number of ether oxygens (including phenoxy) is 1. The summed E-state index contributed by atoms with van der Waals surface area (Å²) in [4.78, 5) is 11.7. The number of hydrogen-bond donors (Lipinski definition) is 0. The van der Waals surface area contributed by atoms with Gasteiger partial charge in [-0.3, -0.25) is 4.79 Å². The third-order valence-corrected chi connectivity index (χ3v) is 5.00. The minimum Gasteiger partial charge on any atom is -0.489 e. The van der Waals surface area contributed by atoms with E-state index in [1.54, 1.807) is 0 Å². The molecule has 106 valence electrons. The van der Waals surface area contributed by atoms with E-state index >= 15 is 0 Å². The van der Waals surface area contributed by atoms with E-state index in [-0.39, 0.29) is 0 Å². The molecular weight excluding hydrogens is 327 g/mol. The number of carbonyl (C=O) groups is 1. The van der Waals surface area contributed by atoms with Crippen LogP contribution in [0.1, 0.15) is 15.2 Å². The molecule has 0 aliphatic heterocycles. The summed E-state index contributed by atoms with van der Waals surface area (Å²) >= 11 is 13.0. The summed E-state index contributed by atoms with van der Waals surface area (Å²) in [6, 6.07) is 15.5. The highest BCUT2D eigenvalue weighted by Gasteiger charge is 2.15. The first-order valence-corrected chi connectivity index (χ1v) is 7.81. The molecule has 0 fully saturated rings. The Morgan fingerprint density at radius 3 is 2.62 bits per heavy atom. The number of benzene rings is 2. The van der Waals surface area contributed by atoms with Crippen molar-refractivity contribution in [2.75, 3.05) is 0 Å². The Balaban J connectivity index is 1.87. The molecule has 2 nitrogen and oxygen atoms in total. The van der Waals surface area contributed by atoms with Crippen LogP contribution in [0.15, 0.2) is 48.5 Å². The third kappa shape index (κ3) is 3.05. The van der Waals surface area contributed by atoms with Gasteiger partial charge in [0, 0.05) is 10.1 Å². The fourth-order valence-corrected chi connectivity index (χ4v) is 3.58. The van der Waals surface area contributed by atoms with Crippen LogP contribution >= 0.6 is 34.5 Å². The molecule has 1 aromatic heterocycles. The summed E-state index contributed by atoms with van der Waals surface area (Å²) < 4.78 is 6.67. The molecule has 21 heavy (non-hydrogen) atoms. The molecule has 3 aromatic rings. The summed E-state index contributed by atoms with van der Waals surface area (Å²) in [7, 11) is 0. The van der Waals surface area contributed by atoms with Gasteiger partial charge in [-0.25, -0.2) is 0 Å². The Hall–Kier alpha value is -1.55. The molecule has 2 aromatic carbocycles. The normalized spacial score (nSPS) is 10.8. The molecular formula is C16H10Cl2O2S. The van der Waals surface area contributed by atoms with E-state index in [4.69, 9.17) is 27.9 Å². The highest BCUT2D eigenvalue weighted by molar-refractivity contribution is 7.23. The molecule has 1 heterocycles. The van der Waals surface area contributed by atoms with Crippen molar-refractivity contribution < 1.29 is 9.53 Å². The highest BCUT2D eigenvalue weighted by Crippen LogP contribution is 2.38. The molecule has 0 saturated carbocycles. The molecule has 0 atom stereocenters. The van der Waals surface area contributed by atoms with Gasteiger partial charge in [0.25, 0.3) is 5.24 Å². The summed E-state index contributed by atoms with van der Waals surface area (Å²) in [5.41, 5.74) is 1.09. The van der Waals surface area contributed by atoms with Gasteiger partial charge in [-0.2, -0.15) is 0 Å². The SMILES string of the molecule is O=C(Cl)c1sc2ccc(OCc3ccccc3)cc2c1Cl. The van der Waals surface area contributed by atoms with E-state index in [1.165, 1.54) is 11.3 Å². The van der Waals surface area contributed by atoms with Gasteiger partial charge in [0.2, 0.25) is 0 Å². The largest absolute Gasteiger partial charge is 0.489 e.